The van der Waals surface area contributed by atoms with Gasteiger partial charge in [-0.3, -0.25) is 19.6 Å². The molecule has 0 aliphatic carbocycles. The summed E-state index contributed by atoms with van der Waals surface area (Å²) in [6, 6.07) is 51.9. The number of rotatable bonds is 6. The van der Waals surface area contributed by atoms with E-state index in [1.807, 2.05) is 72.8 Å². The third kappa shape index (κ3) is 9.11. The summed E-state index contributed by atoms with van der Waals surface area (Å²) in [7, 11) is 0. The molecule has 0 aliphatic rings. The second-order valence-corrected chi connectivity index (χ2v) is 16.4. The number of benzene rings is 7. The molecule has 1 radical (unpaired) electrons. The number of aromatic nitrogens is 2. The number of thiophene rings is 2. The Morgan fingerprint density at radius 3 is 1.11 bits per heavy atom. The maximum absolute atomic E-state index is 12.7. The smallest absolute Gasteiger partial charge is 0.335 e. The predicted molar refractivity (Wildman–Crippen MR) is 249 cm³/mol. The van der Waals surface area contributed by atoms with Gasteiger partial charge >= 0.3 is 11.9 Å². The predicted octanol–water partition coefficient (Wildman–Crippen LogP) is 12.8. The van der Waals surface area contributed by atoms with Crippen molar-refractivity contribution in [2.45, 2.75) is 0 Å². The minimum atomic E-state index is -1.000. The third-order valence-electron chi connectivity index (χ3n) is 10.4. The molecule has 0 spiro atoms. The van der Waals surface area contributed by atoms with Crippen molar-refractivity contribution >= 4 is 108 Å². The fraction of sp³-hybridized carbons (Fsp3) is 0. The molecule has 0 unspecified atom stereocenters. The maximum atomic E-state index is 12.7. The Balaban J connectivity index is 0.000000133. The Kier molecular flexibility index (Phi) is 13.0. The van der Waals surface area contributed by atoms with Gasteiger partial charge in [0.1, 0.15) is 0 Å². The second kappa shape index (κ2) is 19.0. The summed E-state index contributed by atoms with van der Waals surface area (Å²) in [6.45, 7) is 0. The molecule has 0 aliphatic heterocycles. The Morgan fingerprint density at radius 2 is 0.714 bits per heavy atom. The molecule has 0 amide bonds. The van der Waals surface area contributed by atoms with Gasteiger partial charge in [-0.05, 0) is 84.9 Å². The van der Waals surface area contributed by atoms with Gasteiger partial charge in [0.25, 0.3) is 0 Å². The van der Waals surface area contributed by atoms with E-state index in [0.29, 0.717) is 22.3 Å². The van der Waals surface area contributed by atoms with Crippen LogP contribution in [0, 0.1) is 49.4 Å². The molecule has 0 bridgehead atoms. The van der Waals surface area contributed by atoms with Crippen LogP contribution in [0.3, 0.4) is 0 Å². The number of carbonyl (C=O) groups excluding carboxylic acids is 2. The van der Waals surface area contributed by atoms with Gasteiger partial charge < -0.3 is 10.2 Å². The van der Waals surface area contributed by atoms with Crippen LogP contribution in [0.5, 0.6) is 0 Å². The summed E-state index contributed by atoms with van der Waals surface area (Å²) in [5, 5.41) is 24.6. The van der Waals surface area contributed by atoms with E-state index < -0.39 is 11.9 Å². The van der Waals surface area contributed by atoms with Crippen molar-refractivity contribution in [1.82, 2.24) is 9.97 Å². The van der Waals surface area contributed by atoms with Crippen LogP contribution in [0.2, 0.25) is 0 Å². The van der Waals surface area contributed by atoms with Crippen molar-refractivity contribution in [3.05, 3.63) is 216 Å². The molecule has 0 fully saturated rings. The Labute approximate surface area is 408 Å². The number of carboxylic acid groups (broad SMARTS) is 2. The van der Waals surface area contributed by atoms with E-state index >= 15 is 0 Å². The summed E-state index contributed by atoms with van der Waals surface area (Å²) >= 11 is 3.41. The van der Waals surface area contributed by atoms with Crippen LogP contribution in [-0.4, -0.2) is 43.7 Å². The van der Waals surface area contributed by atoms with Gasteiger partial charge in [-0.25, -0.2) is 9.59 Å². The monoisotopic (exact) mass is 997 g/mol. The standard InChI is InChI=1S/2C20H12O3S.C12H8N2.Eu/c2*21-19(12-5-7-13(8-6-12)20(22)23)14-9-10-18-16(11-14)15-3-1-2-4-17(15)24-18;1-3-9-5-6-10-4-2-8-14-12(10)11(9)13-7-1;/h2*1-11H,(H,22,23);1-8H;. The van der Waals surface area contributed by atoms with Gasteiger partial charge in [0.05, 0.1) is 22.2 Å². The number of ketones is 2. The van der Waals surface area contributed by atoms with E-state index in [9.17, 15) is 19.2 Å². The second-order valence-electron chi connectivity index (χ2n) is 14.3. The number of carbonyl (C=O) groups is 4. The average Bonchev–Trinajstić information content (AvgIpc) is 3.89. The summed E-state index contributed by atoms with van der Waals surface area (Å²) < 4.78 is 4.69. The number of pyridine rings is 2. The van der Waals surface area contributed by atoms with E-state index in [0.717, 1.165) is 52.8 Å². The quantitative estimate of drug-likeness (QED) is 0.124. The molecule has 0 saturated heterocycles. The Morgan fingerprint density at radius 1 is 0.365 bits per heavy atom. The van der Waals surface area contributed by atoms with Gasteiger partial charge in [-0.2, -0.15) is 0 Å². The molecule has 2 N–H and O–H groups in total. The van der Waals surface area contributed by atoms with Crippen molar-refractivity contribution in [3.8, 4) is 0 Å². The van der Waals surface area contributed by atoms with Crippen LogP contribution in [-0.2, 0) is 0 Å². The van der Waals surface area contributed by atoms with E-state index in [-0.39, 0.29) is 72.1 Å². The summed E-state index contributed by atoms with van der Waals surface area (Å²) in [6.07, 6.45) is 3.60. The van der Waals surface area contributed by atoms with E-state index in [1.165, 1.54) is 33.7 Å². The number of hydrogen-bond donors (Lipinski definition) is 2. The van der Waals surface area contributed by atoms with Crippen LogP contribution >= 0.6 is 22.7 Å². The number of hydrogen-bond acceptors (Lipinski definition) is 8. The normalized spacial score (nSPS) is 10.8. The van der Waals surface area contributed by atoms with Gasteiger partial charge in [-0.15, -0.1) is 22.7 Å². The van der Waals surface area contributed by atoms with E-state index in [4.69, 9.17) is 10.2 Å². The first-order chi connectivity index (χ1) is 30.2. The summed E-state index contributed by atoms with van der Waals surface area (Å²) in [5.74, 6) is -2.21. The first kappa shape index (κ1) is 43.3. The SMILES string of the molecule is O=C(O)c1ccc(C(=O)c2ccc3sc4ccccc4c3c2)cc1.O=C(O)c1ccc(C(=O)c2ccc3sc4ccccc4c3c2)cc1.[Eu].c1cnc2c(c1)ccc1cccnc12. The Bertz CT molecular complexity index is 3290. The Hall–Kier alpha value is -6.34. The molecular weight excluding hydrogens is 965 g/mol. The molecule has 4 aromatic heterocycles. The zero-order valence-corrected chi connectivity index (χ0v) is 37.0. The summed E-state index contributed by atoms with van der Waals surface area (Å²) in [4.78, 5) is 55.9. The molecule has 0 atom stereocenters. The van der Waals surface area contributed by atoms with Gasteiger partial charge in [0, 0.05) is 135 Å². The molecule has 11 heteroatoms. The first-order valence-corrected chi connectivity index (χ1v) is 21.0. The van der Waals surface area contributed by atoms with E-state index in [2.05, 4.69) is 58.5 Å². The van der Waals surface area contributed by atoms with Crippen LogP contribution < -0.4 is 0 Å². The van der Waals surface area contributed by atoms with Crippen LogP contribution in [0.15, 0.2) is 182 Å². The van der Waals surface area contributed by atoms with Crippen molar-refractivity contribution in [2.24, 2.45) is 0 Å². The van der Waals surface area contributed by atoms with Crippen molar-refractivity contribution < 1.29 is 78.8 Å². The van der Waals surface area contributed by atoms with Crippen LogP contribution in [0.25, 0.3) is 62.2 Å². The molecule has 0 saturated carbocycles. The largest absolute Gasteiger partial charge is 0.478 e. The van der Waals surface area contributed by atoms with Crippen LogP contribution in [0.1, 0.15) is 52.6 Å². The molecule has 8 nitrogen and oxygen atoms in total. The van der Waals surface area contributed by atoms with Crippen molar-refractivity contribution in [1.29, 1.82) is 0 Å². The number of carboxylic acids is 2. The van der Waals surface area contributed by atoms with Crippen molar-refractivity contribution in [3.63, 3.8) is 0 Å². The first-order valence-electron chi connectivity index (χ1n) is 19.4. The molecule has 4 heterocycles. The van der Waals surface area contributed by atoms with Gasteiger partial charge in [0.15, 0.2) is 11.6 Å². The van der Waals surface area contributed by atoms with Crippen LogP contribution in [0.4, 0.5) is 0 Å². The van der Waals surface area contributed by atoms with Crippen molar-refractivity contribution in [2.75, 3.05) is 0 Å². The number of nitrogens with zero attached hydrogens (tertiary/aromatic N) is 2. The zero-order chi connectivity index (χ0) is 42.7. The maximum Gasteiger partial charge on any atom is 0.335 e. The molecule has 63 heavy (non-hydrogen) atoms. The third-order valence-corrected chi connectivity index (χ3v) is 12.7. The molecule has 11 aromatic rings. The molecule has 7 aromatic carbocycles. The summed E-state index contributed by atoms with van der Waals surface area (Å²) in [5.41, 5.74) is 4.48. The van der Waals surface area contributed by atoms with E-state index in [1.54, 1.807) is 59.3 Å². The zero-order valence-electron chi connectivity index (χ0n) is 32.9. The minimum absolute atomic E-state index is 0. The number of aromatic carboxylic acids is 2. The molecule has 11 rings (SSSR count). The van der Waals surface area contributed by atoms with Gasteiger partial charge in [-0.1, -0.05) is 84.9 Å². The fourth-order valence-corrected chi connectivity index (χ4v) is 9.45. The van der Waals surface area contributed by atoms with Gasteiger partial charge in [0.2, 0.25) is 0 Å². The topological polar surface area (TPSA) is 135 Å². The number of fused-ring (bicyclic) bond motifs is 9. The molecular formula is C52H32EuN2O6S2. The minimum Gasteiger partial charge on any atom is -0.478 e. The fourth-order valence-electron chi connectivity index (χ4n) is 7.28. The molecule has 305 valence electrons. The average molecular weight is 997 g/mol.